The first kappa shape index (κ1) is 10.8. The van der Waals surface area contributed by atoms with Crippen LogP contribution in [0.5, 0.6) is 0 Å². The Bertz CT molecular complexity index is 259. The predicted molar refractivity (Wildman–Crippen MR) is 38.3 cm³/mol. The molecule has 0 radical (unpaired) electrons. The van der Waals surface area contributed by atoms with Crippen LogP contribution >= 0.6 is 0 Å². The second kappa shape index (κ2) is 3.47. The number of carboxylic acid groups (broad SMARTS) is 1. The molecule has 80 valence electrons. The Morgan fingerprint density at radius 2 is 1.86 bits per heavy atom. The number of alkyl halides is 3. The van der Waals surface area contributed by atoms with E-state index in [9.17, 15) is 22.8 Å². The first-order valence-electron chi connectivity index (χ1n) is 3.93. The third-order valence-electron chi connectivity index (χ3n) is 1.90. The molecule has 0 aromatic heterocycles. The number of hydrogen-bond acceptors (Lipinski definition) is 2. The van der Waals surface area contributed by atoms with Crippen molar-refractivity contribution in [3.05, 3.63) is 0 Å². The molecule has 0 spiro atoms. The van der Waals surface area contributed by atoms with E-state index in [1.165, 1.54) is 5.32 Å². The van der Waals surface area contributed by atoms with Crippen LogP contribution in [0.15, 0.2) is 0 Å². The van der Waals surface area contributed by atoms with Crippen LogP contribution in [0, 0.1) is 5.92 Å². The monoisotopic (exact) mass is 211 g/mol. The third kappa shape index (κ3) is 2.61. The zero-order valence-electron chi connectivity index (χ0n) is 6.97. The molecule has 0 bridgehead atoms. The molecule has 1 fully saturated rings. The average molecular weight is 211 g/mol. The van der Waals surface area contributed by atoms with Crippen LogP contribution in [-0.4, -0.2) is 29.2 Å². The van der Waals surface area contributed by atoms with E-state index >= 15 is 0 Å². The van der Waals surface area contributed by atoms with Crippen LogP contribution in [0.1, 0.15) is 12.8 Å². The van der Waals surface area contributed by atoms with Gasteiger partial charge in [0.1, 0.15) is 6.04 Å². The summed E-state index contributed by atoms with van der Waals surface area (Å²) in [5.74, 6) is -3.99. The van der Waals surface area contributed by atoms with E-state index in [1.54, 1.807) is 0 Å². The molecule has 0 heterocycles. The second-order valence-electron chi connectivity index (χ2n) is 3.12. The summed E-state index contributed by atoms with van der Waals surface area (Å²) in [6.45, 7) is 0. The Balaban J connectivity index is 2.56. The molecule has 1 rings (SSSR count). The van der Waals surface area contributed by atoms with Gasteiger partial charge in [-0.15, -0.1) is 0 Å². The van der Waals surface area contributed by atoms with Gasteiger partial charge in [-0.25, -0.2) is 4.79 Å². The Labute approximate surface area is 77.1 Å². The largest absolute Gasteiger partial charge is 0.480 e. The first-order valence-corrected chi connectivity index (χ1v) is 3.93. The van der Waals surface area contributed by atoms with Gasteiger partial charge >= 0.3 is 18.1 Å². The molecule has 0 unspecified atom stereocenters. The van der Waals surface area contributed by atoms with E-state index in [4.69, 9.17) is 5.11 Å². The van der Waals surface area contributed by atoms with Gasteiger partial charge in [-0.05, 0) is 18.8 Å². The van der Waals surface area contributed by atoms with Gasteiger partial charge in [0.2, 0.25) is 0 Å². The molecule has 1 saturated carbocycles. The SMILES string of the molecule is O=C(O)[C@H](NC(=O)C(F)(F)F)C1CC1. The lowest BCUT2D eigenvalue weighted by Crippen LogP contribution is -2.47. The van der Waals surface area contributed by atoms with Crippen molar-refractivity contribution in [2.24, 2.45) is 5.92 Å². The van der Waals surface area contributed by atoms with Crippen LogP contribution in [0.4, 0.5) is 13.2 Å². The highest BCUT2D eigenvalue weighted by molar-refractivity contribution is 5.87. The number of amides is 1. The molecule has 1 aliphatic rings. The van der Waals surface area contributed by atoms with Gasteiger partial charge in [0.15, 0.2) is 0 Å². The van der Waals surface area contributed by atoms with Gasteiger partial charge in [0.05, 0.1) is 0 Å². The highest BCUT2D eigenvalue weighted by atomic mass is 19.4. The molecule has 1 aliphatic carbocycles. The Morgan fingerprint density at radius 3 is 2.14 bits per heavy atom. The summed E-state index contributed by atoms with van der Waals surface area (Å²) in [6, 6.07) is -1.41. The minimum atomic E-state index is -5.03. The fourth-order valence-electron chi connectivity index (χ4n) is 1.03. The highest BCUT2D eigenvalue weighted by Gasteiger charge is 2.44. The zero-order valence-corrected chi connectivity index (χ0v) is 6.97. The smallest absolute Gasteiger partial charge is 0.471 e. The van der Waals surface area contributed by atoms with Crippen molar-refractivity contribution in [1.82, 2.24) is 5.32 Å². The topological polar surface area (TPSA) is 66.4 Å². The van der Waals surface area contributed by atoms with E-state index in [0.29, 0.717) is 12.8 Å². The maximum Gasteiger partial charge on any atom is 0.471 e. The van der Waals surface area contributed by atoms with E-state index in [0.717, 1.165) is 0 Å². The lowest BCUT2D eigenvalue weighted by atomic mass is 10.2. The van der Waals surface area contributed by atoms with Crippen molar-refractivity contribution in [2.45, 2.75) is 25.1 Å². The normalized spacial score (nSPS) is 18.8. The number of rotatable bonds is 3. The maximum absolute atomic E-state index is 11.8. The number of aliphatic carboxylic acids is 1. The third-order valence-corrected chi connectivity index (χ3v) is 1.90. The van der Waals surface area contributed by atoms with Crippen molar-refractivity contribution in [3.63, 3.8) is 0 Å². The molecule has 7 heteroatoms. The van der Waals surface area contributed by atoms with Crippen LogP contribution in [0.3, 0.4) is 0 Å². The van der Waals surface area contributed by atoms with Crippen LogP contribution in [-0.2, 0) is 9.59 Å². The molecule has 4 nitrogen and oxygen atoms in total. The summed E-state index contributed by atoms with van der Waals surface area (Å²) in [4.78, 5) is 20.9. The molecule has 1 amide bonds. The number of hydrogen-bond donors (Lipinski definition) is 2. The van der Waals surface area contributed by atoms with Gasteiger partial charge in [-0.2, -0.15) is 13.2 Å². The van der Waals surface area contributed by atoms with Crippen molar-refractivity contribution in [1.29, 1.82) is 0 Å². The van der Waals surface area contributed by atoms with Gasteiger partial charge < -0.3 is 10.4 Å². The van der Waals surface area contributed by atoms with Crippen molar-refractivity contribution in [3.8, 4) is 0 Å². The number of carbonyl (C=O) groups excluding carboxylic acids is 1. The molecule has 14 heavy (non-hydrogen) atoms. The molecule has 0 aromatic rings. The van der Waals surface area contributed by atoms with E-state index in [2.05, 4.69) is 0 Å². The maximum atomic E-state index is 11.8. The summed E-state index contributed by atoms with van der Waals surface area (Å²) in [7, 11) is 0. The summed E-state index contributed by atoms with van der Waals surface area (Å²) in [6.07, 6.45) is -3.95. The fourth-order valence-corrected chi connectivity index (χ4v) is 1.03. The molecule has 0 aromatic carbocycles. The summed E-state index contributed by atoms with van der Waals surface area (Å²) < 4.78 is 35.3. The lowest BCUT2D eigenvalue weighted by Gasteiger charge is -2.14. The summed E-state index contributed by atoms with van der Waals surface area (Å²) in [5.41, 5.74) is 0. The molecule has 0 aliphatic heterocycles. The number of halogens is 3. The molecule has 0 saturated heterocycles. The number of carbonyl (C=O) groups is 2. The fraction of sp³-hybridized carbons (Fsp3) is 0.714. The average Bonchev–Trinajstić information content (AvgIpc) is 2.79. The molecule has 2 N–H and O–H groups in total. The van der Waals surface area contributed by atoms with Gasteiger partial charge in [-0.1, -0.05) is 0 Å². The van der Waals surface area contributed by atoms with Gasteiger partial charge in [0, 0.05) is 0 Å². The van der Waals surface area contributed by atoms with E-state index in [1.807, 2.05) is 0 Å². The van der Waals surface area contributed by atoms with Crippen LogP contribution in [0.2, 0.25) is 0 Å². The van der Waals surface area contributed by atoms with Crippen molar-refractivity contribution in [2.75, 3.05) is 0 Å². The Hall–Kier alpha value is -1.27. The van der Waals surface area contributed by atoms with E-state index < -0.39 is 24.1 Å². The minimum Gasteiger partial charge on any atom is -0.480 e. The Kier molecular flexibility index (Phi) is 2.68. The zero-order chi connectivity index (χ0) is 10.9. The summed E-state index contributed by atoms with van der Waals surface area (Å²) in [5, 5.41) is 9.97. The summed E-state index contributed by atoms with van der Waals surface area (Å²) >= 11 is 0. The molecule has 1 atom stereocenters. The Morgan fingerprint density at radius 1 is 1.36 bits per heavy atom. The van der Waals surface area contributed by atoms with Crippen LogP contribution in [0.25, 0.3) is 0 Å². The van der Waals surface area contributed by atoms with Gasteiger partial charge in [0.25, 0.3) is 0 Å². The standard InChI is InChI=1S/C7H8F3NO3/c8-7(9,10)6(14)11-4(5(12)13)3-1-2-3/h3-4H,1-2H2,(H,11,14)(H,12,13)/t4-/m1/s1. The quantitative estimate of drug-likeness (QED) is 0.715. The predicted octanol–water partition coefficient (Wildman–Crippen LogP) is 0.528. The minimum absolute atomic E-state index is 0.362. The highest BCUT2D eigenvalue weighted by Crippen LogP contribution is 2.33. The lowest BCUT2D eigenvalue weighted by molar-refractivity contribution is -0.175. The first-order chi connectivity index (χ1) is 6.32. The molecular formula is C7H8F3NO3. The van der Waals surface area contributed by atoms with Gasteiger partial charge in [-0.3, -0.25) is 4.79 Å². The van der Waals surface area contributed by atoms with Crippen molar-refractivity contribution < 1.29 is 27.9 Å². The number of carboxylic acids is 1. The molecular weight excluding hydrogens is 203 g/mol. The second-order valence-corrected chi connectivity index (χ2v) is 3.12. The van der Waals surface area contributed by atoms with Crippen LogP contribution < -0.4 is 5.32 Å². The number of nitrogens with one attached hydrogen (secondary N) is 1. The van der Waals surface area contributed by atoms with Crippen molar-refractivity contribution >= 4 is 11.9 Å². The van der Waals surface area contributed by atoms with E-state index in [-0.39, 0.29) is 5.92 Å².